The minimum Gasteiger partial charge on any atom is -0.506 e. The number of carbonyl (C=O) groups excluding carboxylic acids is 1. The Hall–Kier alpha value is -2.62. The summed E-state index contributed by atoms with van der Waals surface area (Å²) in [6, 6.07) is 11.6. The van der Waals surface area contributed by atoms with Crippen LogP contribution in [0.1, 0.15) is 57.6 Å². The fourth-order valence-corrected chi connectivity index (χ4v) is 7.38. The van der Waals surface area contributed by atoms with Crippen molar-refractivity contribution in [2.24, 2.45) is 4.40 Å². The standard InChI is InChI=1S/C26H33N2O7PS/c1-5-14-26(15-6-2)19-11-9-8-10-18(19)23(29)22(24(26)30)25-27-20-13-12-17(35-36(4,31)34-7-3)16-21(20)37(32,33)28-25/h8-13,16,29,32-33H,5-7,14-15H2,1-4H3,(H,27,28). The summed E-state index contributed by atoms with van der Waals surface area (Å²) in [7, 11) is -7.20. The Morgan fingerprint density at radius 1 is 1.08 bits per heavy atom. The summed E-state index contributed by atoms with van der Waals surface area (Å²) in [5.41, 5.74) is 0.649. The molecule has 1 unspecified atom stereocenters. The van der Waals surface area contributed by atoms with Crippen molar-refractivity contribution in [2.45, 2.75) is 56.8 Å². The topological polar surface area (TPSA) is 138 Å². The van der Waals surface area contributed by atoms with Gasteiger partial charge in [-0.25, -0.2) is 4.57 Å². The molecular weight excluding hydrogens is 515 g/mol. The highest BCUT2D eigenvalue weighted by Crippen LogP contribution is 2.58. The number of fused-ring (bicyclic) bond motifs is 2. The van der Waals surface area contributed by atoms with Gasteiger partial charge in [-0.3, -0.25) is 13.9 Å². The largest absolute Gasteiger partial charge is 0.506 e. The van der Waals surface area contributed by atoms with Gasteiger partial charge in [-0.15, -0.1) is 4.40 Å². The van der Waals surface area contributed by atoms with E-state index in [1.54, 1.807) is 19.1 Å². The Morgan fingerprint density at radius 3 is 2.41 bits per heavy atom. The first-order valence-corrected chi connectivity index (χ1v) is 15.8. The van der Waals surface area contributed by atoms with E-state index >= 15 is 0 Å². The third kappa shape index (κ3) is 4.96. The van der Waals surface area contributed by atoms with E-state index in [2.05, 4.69) is 9.71 Å². The molecule has 0 saturated carbocycles. The van der Waals surface area contributed by atoms with Crippen LogP contribution < -0.4 is 9.84 Å². The van der Waals surface area contributed by atoms with Gasteiger partial charge in [-0.2, -0.15) is 0 Å². The average Bonchev–Trinajstić information content (AvgIpc) is 2.83. The van der Waals surface area contributed by atoms with Crippen molar-refractivity contribution in [3.05, 3.63) is 59.2 Å². The molecule has 1 aliphatic carbocycles. The molecule has 1 heterocycles. The molecule has 4 N–H and O–H groups in total. The number of benzene rings is 2. The number of nitrogens with zero attached hydrogens (tertiary/aromatic N) is 1. The lowest BCUT2D eigenvalue weighted by Gasteiger charge is -2.40. The van der Waals surface area contributed by atoms with Gasteiger partial charge >= 0.3 is 7.60 Å². The average molecular weight is 549 g/mol. The number of hydrogen-bond acceptors (Lipinski definition) is 9. The van der Waals surface area contributed by atoms with Crippen LogP contribution in [0.25, 0.3) is 5.76 Å². The number of aliphatic hydroxyl groups excluding tert-OH is 1. The predicted molar refractivity (Wildman–Crippen MR) is 147 cm³/mol. The quantitative estimate of drug-likeness (QED) is 0.242. The maximum absolute atomic E-state index is 14.1. The van der Waals surface area contributed by atoms with Crippen molar-refractivity contribution < 1.29 is 32.6 Å². The third-order valence-electron chi connectivity index (χ3n) is 6.54. The van der Waals surface area contributed by atoms with Crippen LogP contribution in [-0.4, -0.2) is 39.1 Å². The lowest BCUT2D eigenvalue weighted by molar-refractivity contribution is -0.121. The number of Topliss-reactive ketones (excluding diaryl/α,β-unsaturated/α-hetero) is 1. The van der Waals surface area contributed by atoms with E-state index in [-0.39, 0.29) is 45.9 Å². The molecule has 9 nitrogen and oxygen atoms in total. The molecule has 11 heteroatoms. The minimum atomic E-state index is -3.80. The molecule has 37 heavy (non-hydrogen) atoms. The Kier molecular flexibility index (Phi) is 7.61. The van der Waals surface area contributed by atoms with Gasteiger partial charge in [0.15, 0.2) is 11.6 Å². The van der Waals surface area contributed by atoms with Crippen LogP contribution in [0.5, 0.6) is 5.75 Å². The van der Waals surface area contributed by atoms with Gasteiger partial charge in [0, 0.05) is 18.3 Å². The summed E-state index contributed by atoms with van der Waals surface area (Å²) >= 11 is 0. The Labute approximate surface area is 218 Å². The number of carbonyl (C=O) groups is 1. The second-order valence-electron chi connectivity index (χ2n) is 9.20. The fraction of sp³-hybridized carbons (Fsp3) is 0.385. The number of anilines is 1. The summed E-state index contributed by atoms with van der Waals surface area (Å²) in [6.07, 6.45) is 2.64. The van der Waals surface area contributed by atoms with Gasteiger partial charge in [0.25, 0.3) is 0 Å². The van der Waals surface area contributed by atoms with Gasteiger partial charge in [0.05, 0.1) is 17.7 Å². The van der Waals surface area contributed by atoms with E-state index in [0.717, 1.165) is 18.4 Å². The zero-order chi connectivity index (χ0) is 27.0. The number of nitrogens with one attached hydrogen (secondary N) is 1. The van der Waals surface area contributed by atoms with Crippen LogP contribution in [0.15, 0.2) is 57.3 Å². The molecule has 0 aromatic heterocycles. The number of ketones is 1. The molecule has 2 aromatic carbocycles. The van der Waals surface area contributed by atoms with Crippen molar-refractivity contribution in [3.63, 3.8) is 0 Å². The second-order valence-corrected chi connectivity index (χ2v) is 12.8. The lowest BCUT2D eigenvalue weighted by Crippen LogP contribution is -2.44. The fourth-order valence-electron chi connectivity index (χ4n) is 5.18. The highest BCUT2D eigenvalue weighted by Gasteiger charge is 2.48. The van der Waals surface area contributed by atoms with E-state index in [9.17, 15) is 23.6 Å². The second kappa shape index (κ2) is 10.3. The first-order chi connectivity index (χ1) is 17.5. The molecule has 0 radical (unpaired) electrons. The highest BCUT2D eigenvalue weighted by molar-refractivity contribution is 8.23. The van der Waals surface area contributed by atoms with Gasteiger partial charge < -0.3 is 19.5 Å². The minimum absolute atomic E-state index is 0.0161. The van der Waals surface area contributed by atoms with E-state index < -0.39 is 23.8 Å². The monoisotopic (exact) mass is 548 g/mol. The molecule has 2 aliphatic rings. The summed E-state index contributed by atoms with van der Waals surface area (Å²) in [6.45, 7) is 7.22. The molecule has 0 amide bonds. The zero-order valence-corrected chi connectivity index (χ0v) is 23.1. The summed E-state index contributed by atoms with van der Waals surface area (Å²) in [5, 5.41) is 14.3. The van der Waals surface area contributed by atoms with Crippen molar-refractivity contribution in [2.75, 3.05) is 18.6 Å². The Bertz CT molecular complexity index is 1330. The smallest absolute Gasteiger partial charge is 0.376 e. The normalized spacial score (nSPS) is 20.2. The molecule has 0 saturated heterocycles. The van der Waals surface area contributed by atoms with Crippen molar-refractivity contribution in [1.29, 1.82) is 0 Å². The SMILES string of the molecule is CCCC1(CCC)C(=O)C(C2=NS(O)(O)c3cc(OP(C)(=O)OCC)ccc3N2)=C(O)c2ccccc21. The molecule has 4 rings (SSSR count). The maximum Gasteiger partial charge on any atom is 0.376 e. The first kappa shape index (κ1) is 27.4. The number of hydrogen-bond donors (Lipinski definition) is 4. The third-order valence-corrected chi connectivity index (χ3v) is 9.18. The van der Waals surface area contributed by atoms with E-state index in [1.807, 2.05) is 26.0 Å². The number of amidine groups is 1. The van der Waals surface area contributed by atoms with E-state index in [4.69, 9.17) is 9.05 Å². The number of aliphatic hydroxyl groups is 1. The summed E-state index contributed by atoms with van der Waals surface area (Å²) < 4.78 is 49.1. The van der Waals surface area contributed by atoms with Crippen molar-refractivity contribution in [3.8, 4) is 5.75 Å². The van der Waals surface area contributed by atoms with Gasteiger partial charge in [0.1, 0.15) is 22.0 Å². The first-order valence-electron chi connectivity index (χ1n) is 12.3. The Morgan fingerprint density at radius 2 is 1.76 bits per heavy atom. The molecular formula is C26H33N2O7PS. The van der Waals surface area contributed by atoms with Crippen LogP contribution in [0.2, 0.25) is 0 Å². The highest BCUT2D eigenvalue weighted by atomic mass is 32.3. The predicted octanol–water partition coefficient (Wildman–Crippen LogP) is 7.16. The van der Waals surface area contributed by atoms with Crippen molar-refractivity contribution in [1.82, 2.24) is 0 Å². The number of rotatable bonds is 9. The molecule has 0 fully saturated rings. The van der Waals surface area contributed by atoms with E-state index in [0.29, 0.717) is 18.4 Å². The molecule has 1 aliphatic heterocycles. The van der Waals surface area contributed by atoms with Crippen LogP contribution in [0.4, 0.5) is 5.69 Å². The molecule has 1 atom stereocenters. The van der Waals surface area contributed by atoms with Crippen LogP contribution in [0, 0.1) is 0 Å². The molecule has 0 spiro atoms. The van der Waals surface area contributed by atoms with E-state index in [1.165, 1.54) is 24.9 Å². The molecule has 2 aromatic rings. The molecule has 0 bridgehead atoms. The van der Waals surface area contributed by atoms with Gasteiger partial charge in [-0.1, -0.05) is 61.7 Å². The van der Waals surface area contributed by atoms with Gasteiger partial charge in [0.2, 0.25) is 0 Å². The Balaban J connectivity index is 1.81. The van der Waals surface area contributed by atoms with Crippen LogP contribution in [-0.2, 0) is 19.3 Å². The maximum atomic E-state index is 14.1. The van der Waals surface area contributed by atoms with Crippen LogP contribution in [0.3, 0.4) is 0 Å². The zero-order valence-electron chi connectivity index (χ0n) is 21.4. The summed E-state index contributed by atoms with van der Waals surface area (Å²) in [5.74, 6) is -0.545. The van der Waals surface area contributed by atoms with Gasteiger partial charge in [-0.05, 0) is 37.5 Å². The lowest BCUT2D eigenvalue weighted by atomic mass is 9.63. The molecule has 200 valence electrons. The van der Waals surface area contributed by atoms with Crippen LogP contribution >= 0.6 is 18.4 Å². The summed E-state index contributed by atoms with van der Waals surface area (Å²) in [4.78, 5) is 14.2. The van der Waals surface area contributed by atoms with Crippen molar-refractivity contribution >= 4 is 41.4 Å².